The normalized spacial score (nSPS) is 14.3. The van der Waals surface area contributed by atoms with Crippen LogP contribution < -0.4 is 20.3 Å². The van der Waals surface area contributed by atoms with Crippen LogP contribution in [-0.4, -0.2) is 39.1 Å². The van der Waals surface area contributed by atoms with Gasteiger partial charge in [-0.25, -0.2) is 0 Å². The lowest BCUT2D eigenvalue weighted by Gasteiger charge is -2.19. The third-order valence-electron chi connectivity index (χ3n) is 3.66. The summed E-state index contributed by atoms with van der Waals surface area (Å²) in [4.78, 5) is 25.4. The molecular weight excluding hydrogens is 282 g/mol. The fourth-order valence-electron chi connectivity index (χ4n) is 2.53. The zero-order chi connectivity index (χ0) is 15.9. The van der Waals surface area contributed by atoms with Crippen molar-refractivity contribution in [1.29, 1.82) is 0 Å². The average Bonchev–Trinajstić information content (AvgIpc) is 2.93. The highest BCUT2D eigenvalue weighted by atomic mass is 16.5. The van der Waals surface area contributed by atoms with Gasteiger partial charge in [-0.05, 0) is 38.6 Å². The van der Waals surface area contributed by atoms with E-state index in [0.29, 0.717) is 30.8 Å². The van der Waals surface area contributed by atoms with Gasteiger partial charge in [0.1, 0.15) is 5.75 Å². The van der Waals surface area contributed by atoms with E-state index in [-0.39, 0.29) is 11.8 Å². The molecule has 1 aliphatic heterocycles. The summed E-state index contributed by atoms with van der Waals surface area (Å²) >= 11 is 0. The molecule has 2 amide bonds. The first-order chi connectivity index (χ1) is 10.7. The molecule has 1 fully saturated rings. The van der Waals surface area contributed by atoms with Gasteiger partial charge in [-0.15, -0.1) is 0 Å². The van der Waals surface area contributed by atoms with Crippen LogP contribution in [0.25, 0.3) is 0 Å². The molecule has 0 spiro atoms. The number of anilines is 2. The Hall–Kier alpha value is -2.08. The first-order valence-corrected chi connectivity index (χ1v) is 7.58. The molecule has 0 aromatic heterocycles. The molecular formula is C16H23N3O3. The summed E-state index contributed by atoms with van der Waals surface area (Å²) in [5.74, 6) is 0.688. The van der Waals surface area contributed by atoms with Gasteiger partial charge in [0.05, 0.1) is 12.8 Å². The molecule has 2 rings (SSSR count). The zero-order valence-corrected chi connectivity index (χ0v) is 13.1. The van der Waals surface area contributed by atoms with E-state index in [0.717, 1.165) is 25.1 Å². The number of rotatable bonds is 7. The summed E-state index contributed by atoms with van der Waals surface area (Å²) in [5, 5.41) is 5.86. The summed E-state index contributed by atoms with van der Waals surface area (Å²) in [7, 11) is 3.43. The van der Waals surface area contributed by atoms with Gasteiger partial charge in [0, 0.05) is 31.1 Å². The lowest BCUT2D eigenvalue weighted by atomic mass is 10.2. The summed E-state index contributed by atoms with van der Waals surface area (Å²) < 4.78 is 5.37. The molecule has 1 heterocycles. The molecule has 1 aromatic rings. The Morgan fingerprint density at radius 3 is 2.86 bits per heavy atom. The average molecular weight is 305 g/mol. The van der Waals surface area contributed by atoms with Gasteiger partial charge in [0.15, 0.2) is 0 Å². The van der Waals surface area contributed by atoms with Crippen molar-refractivity contribution in [2.75, 3.05) is 37.5 Å². The topological polar surface area (TPSA) is 70.7 Å². The molecule has 120 valence electrons. The van der Waals surface area contributed by atoms with E-state index in [2.05, 4.69) is 10.6 Å². The third-order valence-corrected chi connectivity index (χ3v) is 3.66. The summed E-state index contributed by atoms with van der Waals surface area (Å²) in [6.07, 6.45) is 2.70. The minimum Gasteiger partial charge on any atom is -0.494 e. The second kappa shape index (κ2) is 7.79. The Labute approximate surface area is 130 Å². The van der Waals surface area contributed by atoms with Crippen molar-refractivity contribution in [2.45, 2.75) is 25.7 Å². The number of nitrogens with zero attached hydrogens (tertiary/aromatic N) is 1. The molecule has 0 atom stereocenters. The van der Waals surface area contributed by atoms with Crippen LogP contribution in [0.2, 0.25) is 0 Å². The Morgan fingerprint density at radius 2 is 2.23 bits per heavy atom. The number of amides is 2. The molecule has 1 saturated heterocycles. The number of methoxy groups -OCH3 is 1. The Kier molecular flexibility index (Phi) is 5.77. The van der Waals surface area contributed by atoms with Crippen LogP contribution in [0.3, 0.4) is 0 Å². The number of nitrogens with one attached hydrogen (secondary N) is 2. The van der Waals surface area contributed by atoms with Gasteiger partial charge < -0.3 is 20.3 Å². The van der Waals surface area contributed by atoms with Crippen LogP contribution in [0.4, 0.5) is 11.4 Å². The first kappa shape index (κ1) is 16.3. The highest BCUT2D eigenvalue weighted by molar-refractivity contribution is 5.97. The molecule has 0 bridgehead atoms. The number of carbonyl (C=O) groups excluding carboxylic acids is 2. The second-order valence-electron chi connectivity index (χ2n) is 5.29. The van der Waals surface area contributed by atoms with Gasteiger partial charge >= 0.3 is 0 Å². The quantitative estimate of drug-likeness (QED) is 0.753. The van der Waals surface area contributed by atoms with Crippen molar-refractivity contribution in [3.05, 3.63) is 18.2 Å². The van der Waals surface area contributed by atoms with Gasteiger partial charge in [-0.2, -0.15) is 0 Å². The predicted octanol–water partition coefficient (Wildman–Crippen LogP) is 1.76. The third kappa shape index (κ3) is 3.98. The SMILES string of the molecule is CNCCCC(=O)Nc1ccc(N2CCCC2=O)c(OC)c1. The molecule has 0 radical (unpaired) electrons. The number of hydrogen-bond donors (Lipinski definition) is 2. The van der Waals surface area contributed by atoms with Crippen LogP contribution in [0, 0.1) is 0 Å². The first-order valence-electron chi connectivity index (χ1n) is 7.58. The van der Waals surface area contributed by atoms with Crippen LogP contribution >= 0.6 is 0 Å². The standard InChI is InChI=1S/C16H23N3O3/c1-17-9-3-5-15(20)18-12-7-8-13(14(11-12)22-2)19-10-4-6-16(19)21/h7-8,11,17H,3-6,9-10H2,1-2H3,(H,18,20). The molecule has 1 aliphatic rings. The van der Waals surface area contributed by atoms with E-state index in [4.69, 9.17) is 4.74 Å². The maximum absolute atomic E-state index is 11.8. The maximum Gasteiger partial charge on any atom is 0.227 e. The monoisotopic (exact) mass is 305 g/mol. The molecule has 6 heteroatoms. The van der Waals surface area contributed by atoms with Crippen LogP contribution in [0.15, 0.2) is 18.2 Å². The number of carbonyl (C=O) groups is 2. The lowest BCUT2D eigenvalue weighted by Crippen LogP contribution is -2.24. The van der Waals surface area contributed by atoms with Gasteiger partial charge in [0.25, 0.3) is 0 Å². The van der Waals surface area contributed by atoms with E-state index in [1.807, 2.05) is 13.1 Å². The smallest absolute Gasteiger partial charge is 0.227 e. The molecule has 2 N–H and O–H groups in total. The molecule has 0 unspecified atom stereocenters. The van der Waals surface area contributed by atoms with Crippen molar-refractivity contribution in [1.82, 2.24) is 5.32 Å². The van der Waals surface area contributed by atoms with Crippen molar-refractivity contribution in [3.63, 3.8) is 0 Å². The van der Waals surface area contributed by atoms with Gasteiger partial charge in [-0.3, -0.25) is 9.59 Å². The number of ether oxygens (including phenoxy) is 1. The molecule has 0 aliphatic carbocycles. The molecule has 0 saturated carbocycles. The van der Waals surface area contributed by atoms with Gasteiger partial charge in [0.2, 0.25) is 11.8 Å². The Bertz CT molecular complexity index is 545. The van der Waals surface area contributed by atoms with Crippen molar-refractivity contribution in [3.8, 4) is 5.75 Å². The van der Waals surface area contributed by atoms with Crippen LogP contribution in [0.5, 0.6) is 5.75 Å². The summed E-state index contributed by atoms with van der Waals surface area (Å²) in [6, 6.07) is 5.39. The van der Waals surface area contributed by atoms with Crippen molar-refractivity contribution < 1.29 is 14.3 Å². The van der Waals surface area contributed by atoms with Crippen molar-refractivity contribution in [2.24, 2.45) is 0 Å². The lowest BCUT2D eigenvalue weighted by molar-refractivity contribution is -0.117. The van der Waals surface area contributed by atoms with Crippen LogP contribution in [-0.2, 0) is 9.59 Å². The van der Waals surface area contributed by atoms with Crippen LogP contribution in [0.1, 0.15) is 25.7 Å². The highest BCUT2D eigenvalue weighted by Crippen LogP contribution is 2.33. The van der Waals surface area contributed by atoms with E-state index < -0.39 is 0 Å². The zero-order valence-electron chi connectivity index (χ0n) is 13.1. The Morgan fingerprint density at radius 1 is 1.41 bits per heavy atom. The van der Waals surface area contributed by atoms with E-state index >= 15 is 0 Å². The number of benzene rings is 1. The minimum absolute atomic E-state index is 0.0256. The second-order valence-corrected chi connectivity index (χ2v) is 5.29. The number of hydrogen-bond acceptors (Lipinski definition) is 4. The minimum atomic E-state index is -0.0256. The molecule has 6 nitrogen and oxygen atoms in total. The Balaban J connectivity index is 2.05. The molecule has 22 heavy (non-hydrogen) atoms. The van der Waals surface area contributed by atoms with E-state index in [1.54, 1.807) is 24.1 Å². The highest BCUT2D eigenvalue weighted by Gasteiger charge is 2.24. The molecule has 1 aromatic carbocycles. The van der Waals surface area contributed by atoms with E-state index in [9.17, 15) is 9.59 Å². The summed E-state index contributed by atoms with van der Waals surface area (Å²) in [5.41, 5.74) is 1.44. The largest absolute Gasteiger partial charge is 0.494 e. The fraction of sp³-hybridized carbons (Fsp3) is 0.500. The summed E-state index contributed by atoms with van der Waals surface area (Å²) in [6.45, 7) is 1.53. The maximum atomic E-state index is 11.8. The van der Waals surface area contributed by atoms with E-state index in [1.165, 1.54) is 0 Å². The fourth-order valence-corrected chi connectivity index (χ4v) is 2.53. The van der Waals surface area contributed by atoms with Crippen molar-refractivity contribution >= 4 is 23.2 Å². The predicted molar refractivity (Wildman–Crippen MR) is 86.4 cm³/mol. The van der Waals surface area contributed by atoms with Gasteiger partial charge in [-0.1, -0.05) is 0 Å².